The normalized spacial score (nSPS) is 13.4. The molecule has 0 fully saturated rings. The Hall–Kier alpha value is -1.89. The fourth-order valence-corrected chi connectivity index (χ4v) is 2.43. The van der Waals surface area contributed by atoms with E-state index in [1.807, 2.05) is 31.2 Å². The lowest BCUT2D eigenvalue weighted by molar-refractivity contribution is 0.614. The molecule has 3 rings (SSSR count). The monoisotopic (exact) mass is 224 g/mol. The maximum Gasteiger partial charge on any atom is 0.127 e. The van der Waals surface area contributed by atoms with Crippen LogP contribution in [0.4, 0.5) is 4.39 Å². The van der Waals surface area contributed by atoms with Gasteiger partial charge in [0.25, 0.3) is 0 Å². The maximum absolute atomic E-state index is 13.7. The summed E-state index contributed by atoms with van der Waals surface area (Å²) in [6.07, 6.45) is 2.84. The molecular weight excluding hydrogens is 211 g/mol. The minimum atomic E-state index is -0.0900. The summed E-state index contributed by atoms with van der Waals surface area (Å²) in [5.74, 6) is -0.0900. The molecule has 0 saturated carbocycles. The first kappa shape index (κ1) is 10.3. The highest BCUT2D eigenvalue weighted by Gasteiger charge is 2.18. The molecular formula is C16H13F. The second kappa shape index (κ2) is 3.85. The molecule has 0 spiro atoms. The molecule has 2 aromatic carbocycles. The fraction of sp³-hybridized carbons (Fsp3) is 0.125. The highest BCUT2D eigenvalue weighted by molar-refractivity contribution is 5.80. The standard InChI is InChI=1S/C16H13F/c1-11-9-14-13(12-5-3-2-4-6-12)7-8-16(17)15(14)10-11/h2-9H,10H2,1H3. The zero-order valence-electron chi connectivity index (χ0n) is 9.70. The van der Waals surface area contributed by atoms with Crippen LogP contribution in [0.15, 0.2) is 48.0 Å². The Morgan fingerprint density at radius 1 is 1.00 bits per heavy atom. The van der Waals surface area contributed by atoms with E-state index in [2.05, 4.69) is 18.2 Å². The van der Waals surface area contributed by atoms with Crippen LogP contribution in [0.3, 0.4) is 0 Å². The van der Waals surface area contributed by atoms with E-state index in [0.717, 1.165) is 28.7 Å². The Kier molecular flexibility index (Phi) is 2.32. The molecule has 17 heavy (non-hydrogen) atoms. The number of halogens is 1. The van der Waals surface area contributed by atoms with Crippen LogP contribution in [0.5, 0.6) is 0 Å². The molecule has 2 aromatic rings. The Morgan fingerprint density at radius 2 is 1.76 bits per heavy atom. The lowest BCUT2D eigenvalue weighted by atomic mass is 9.97. The van der Waals surface area contributed by atoms with Gasteiger partial charge in [0.05, 0.1) is 0 Å². The lowest BCUT2D eigenvalue weighted by Crippen LogP contribution is -1.92. The van der Waals surface area contributed by atoms with Crippen molar-refractivity contribution < 1.29 is 4.39 Å². The van der Waals surface area contributed by atoms with Gasteiger partial charge in [-0.15, -0.1) is 0 Å². The Balaban J connectivity index is 2.23. The van der Waals surface area contributed by atoms with Gasteiger partial charge in [0.1, 0.15) is 5.82 Å². The molecule has 0 radical (unpaired) electrons. The van der Waals surface area contributed by atoms with Gasteiger partial charge in [-0.2, -0.15) is 0 Å². The van der Waals surface area contributed by atoms with Gasteiger partial charge in [-0.25, -0.2) is 4.39 Å². The predicted octanol–water partition coefficient (Wildman–Crippen LogP) is 4.45. The predicted molar refractivity (Wildman–Crippen MR) is 69.2 cm³/mol. The highest BCUT2D eigenvalue weighted by atomic mass is 19.1. The molecule has 1 aliphatic carbocycles. The second-order valence-electron chi connectivity index (χ2n) is 4.52. The highest BCUT2D eigenvalue weighted by Crippen LogP contribution is 2.35. The van der Waals surface area contributed by atoms with Gasteiger partial charge in [0.2, 0.25) is 0 Å². The van der Waals surface area contributed by atoms with Crippen LogP contribution < -0.4 is 0 Å². The molecule has 1 heteroatoms. The average molecular weight is 224 g/mol. The summed E-state index contributed by atoms with van der Waals surface area (Å²) in [6, 6.07) is 13.6. The molecule has 1 aliphatic rings. The first-order valence-corrected chi connectivity index (χ1v) is 5.79. The Morgan fingerprint density at radius 3 is 2.53 bits per heavy atom. The quantitative estimate of drug-likeness (QED) is 0.671. The van der Waals surface area contributed by atoms with Crippen molar-refractivity contribution in [3.05, 3.63) is 65.0 Å². The lowest BCUT2D eigenvalue weighted by Gasteiger charge is -2.08. The van der Waals surface area contributed by atoms with E-state index >= 15 is 0 Å². The van der Waals surface area contributed by atoms with Crippen LogP contribution in [0, 0.1) is 5.82 Å². The third-order valence-corrected chi connectivity index (χ3v) is 3.23. The van der Waals surface area contributed by atoms with Gasteiger partial charge in [-0.05, 0) is 41.7 Å². The Labute approximate surface area is 100 Å². The molecule has 0 N–H and O–H groups in total. The molecule has 0 atom stereocenters. The van der Waals surface area contributed by atoms with E-state index < -0.39 is 0 Å². The number of hydrogen-bond acceptors (Lipinski definition) is 0. The SMILES string of the molecule is CC1=Cc2c(-c3ccccc3)ccc(F)c2C1. The summed E-state index contributed by atoms with van der Waals surface area (Å²) in [5, 5.41) is 0. The van der Waals surface area contributed by atoms with Crippen molar-refractivity contribution in [2.45, 2.75) is 13.3 Å². The van der Waals surface area contributed by atoms with E-state index in [1.165, 1.54) is 5.57 Å². The molecule has 0 aromatic heterocycles. The van der Waals surface area contributed by atoms with Crippen molar-refractivity contribution in [3.63, 3.8) is 0 Å². The van der Waals surface area contributed by atoms with Crippen molar-refractivity contribution in [2.24, 2.45) is 0 Å². The van der Waals surface area contributed by atoms with Gasteiger partial charge in [-0.3, -0.25) is 0 Å². The van der Waals surface area contributed by atoms with E-state index in [4.69, 9.17) is 0 Å². The van der Waals surface area contributed by atoms with Crippen LogP contribution in [0.2, 0.25) is 0 Å². The summed E-state index contributed by atoms with van der Waals surface area (Å²) in [7, 11) is 0. The molecule has 0 amide bonds. The van der Waals surface area contributed by atoms with Crippen LogP contribution in [0.25, 0.3) is 17.2 Å². The van der Waals surface area contributed by atoms with Crippen molar-refractivity contribution >= 4 is 6.08 Å². The smallest absolute Gasteiger partial charge is 0.127 e. The minimum Gasteiger partial charge on any atom is -0.207 e. The largest absolute Gasteiger partial charge is 0.207 e. The third kappa shape index (κ3) is 1.68. The molecule has 0 heterocycles. The number of allylic oxidation sites excluding steroid dienone is 1. The molecule has 0 aliphatic heterocycles. The number of benzene rings is 2. The topological polar surface area (TPSA) is 0 Å². The van der Waals surface area contributed by atoms with Crippen molar-refractivity contribution in [3.8, 4) is 11.1 Å². The van der Waals surface area contributed by atoms with Crippen molar-refractivity contribution in [1.29, 1.82) is 0 Å². The van der Waals surface area contributed by atoms with Gasteiger partial charge >= 0.3 is 0 Å². The van der Waals surface area contributed by atoms with E-state index in [9.17, 15) is 4.39 Å². The van der Waals surface area contributed by atoms with Crippen LogP contribution in [0.1, 0.15) is 18.1 Å². The summed E-state index contributed by atoms with van der Waals surface area (Å²) >= 11 is 0. The van der Waals surface area contributed by atoms with Gasteiger partial charge in [0.15, 0.2) is 0 Å². The zero-order chi connectivity index (χ0) is 11.8. The maximum atomic E-state index is 13.7. The van der Waals surface area contributed by atoms with E-state index in [1.54, 1.807) is 6.07 Å². The van der Waals surface area contributed by atoms with E-state index in [0.29, 0.717) is 0 Å². The second-order valence-corrected chi connectivity index (χ2v) is 4.52. The molecule has 0 nitrogen and oxygen atoms in total. The number of rotatable bonds is 1. The fourth-order valence-electron chi connectivity index (χ4n) is 2.43. The Bertz CT molecular complexity index is 594. The van der Waals surface area contributed by atoms with Crippen LogP contribution >= 0.6 is 0 Å². The molecule has 0 unspecified atom stereocenters. The van der Waals surface area contributed by atoms with Crippen molar-refractivity contribution in [2.75, 3.05) is 0 Å². The molecule has 0 bridgehead atoms. The number of fused-ring (bicyclic) bond motifs is 1. The molecule has 84 valence electrons. The average Bonchev–Trinajstić information content (AvgIpc) is 2.73. The van der Waals surface area contributed by atoms with Gasteiger partial charge < -0.3 is 0 Å². The minimum absolute atomic E-state index is 0.0900. The number of hydrogen-bond donors (Lipinski definition) is 0. The van der Waals surface area contributed by atoms with E-state index in [-0.39, 0.29) is 5.82 Å². The van der Waals surface area contributed by atoms with Crippen molar-refractivity contribution in [1.82, 2.24) is 0 Å². The third-order valence-electron chi connectivity index (χ3n) is 3.23. The van der Waals surface area contributed by atoms with Crippen LogP contribution in [-0.2, 0) is 6.42 Å². The van der Waals surface area contributed by atoms with Gasteiger partial charge in [0, 0.05) is 0 Å². The zero-order valence-corrected chi connectivity index (χ0v) is 9.70. The summed E-state index contributed by atoms with van der Waals surface area (Å²) in [6.45, 7) is 2.05. The first-order valence-electron chi connectivity index (χ1n) is 5.79. The van der Waals surface area contributed by atoms with Gasteiger partial charge in [-0.1, -0.05) is 48.0 Å². The summed E-state index contributed by atoms with van der Waals surface area (Å²) in [4.78, 5) is 0. The molecule has 0 saturated heterocycles. The summed E-state index contributed by atoms with van der Waals surface area (Å²) < 4.78 is 13.7. The summed E-state index contributed by atoms with van der Waals surface area (Å²) in [5.41, 5.74) is 5.38. The van der Waals surface area contributed by atoms with Crippen LogP contribution in [-0.4, -0.2) is 0 Å². The first-order chi connectivity index (χ1) is 8.25.